The highest BCUT2D eigenvalue weighted by Gasteiger charge is 2.40. The van der Waals surface area contributed by atoms with Crippen LogP contribution in [0.3, 0.4) is 0 Å². The van der Waals surface area contributed by atoms with Crippen molar-refractivity contribution in [2.24, 2.45) is 4.99 Å². The molecule has 3 nitrogen and oxygen atoms in total. The molecule has 2 N–H and O–H groups in total. The molecule has 2 aliphatic rings. The van der Waals surface area contributed by atoms with Gasteiger partial charge >= 0.3 is 0 Å². The van der Waals surface area contributed by atoms with Crippen molar-refractivity contribution in [1.29, 1.82) is 0 Å². The van der Waals surface area contributed by atoms with Crippen LogP contribution >= 0.6 is 11.6 Å². The summed E-state index contributed by atoms with van der Waals surface area (Å²) in [6, 6.07) is 16.4. The Balaban J connectivity index is 0.000000948. The number of nitrogens with one attached hydrogen (secondary N) is 2. The Labute approximate surface area is 161 Å². The Hall–Kier alpha value is -2.00. The van der Waals surface area contributed by atoms with Gasteiger partial charge in [0, 0.05) is 5.02 Å². The first-order valence-corrected chi connectivity index (χ1v) is 10.1. The minimum atomic E-state index is -0.0616. The molecule has 2 aromatic carbocycles. The van der Waals surface area contributed by atoms with Crippen molar-refractivity contribution in [3.8, 4) is 0 Å². The second-order valence-electron chi connectivity index (χ2n) is 6.73. The molecule has 0 atom stereocenters. The molecule has 0 radical (unpaired) electrons. The van der Waals surface area contributed by atoms with Crippen molar-refractivity contribution in [1.82, 2.24) is 0 Å². The number of benzene rings is 2. The molecule has 0 unspecified atom stereocenters. The van der Waals surface area contributed by atoms with E-state index in [4.69, 9.17) is 16.6 Å². The van der Waals surface area contributed by atoms with Crippen LogP contribution in [-0.2, 0) is 6.54 Å². The Kier molecular flexibility index (Phi) is 6.20. The van der Waals surface area contributed by atoms with Crippen LogP contribution in [0.15, 0.2) is 53.5 Å². The second-order valence-corrected chi connectivity index (χ2v) is 7.17. The van der Waals surface area contributed by atoms with Crippen molar-refractivity contribution in [3.63, 3.8) is 0 Å². The number of aliphatic imine (C=N–C) groups is 1. The van der Waals surface area contributed by atoms with E-state index in [-0.39, 0.29) is 5.54 Å². The standard InChI is InChI=1S/C20H22ClN3.C2H6/c21-16-9-10-17-18(13-16)23-19(20(24-17)11-5-2-6-12-20)22-14-15-7-3-1-4-8-15;1-2/h1,3-4,7-10,13,24H,2,5-6,11-12,14H2,(H,22,23);1-2H3. The van der Waals surface area contributed by atoms with E-state index >= 15 is 0 Å². The minimum Gasteiger partial charge on any atom is -0.371 e. The number of amidine groups is 1. The fourth-order valence-corrected chi connectivity index (χ4v) is 3.93. The number of rotatable bonds is 2. The highest BCUT2D eigenvalue weighted by atomic mass is 35.5. The molecule has 4 heteroatoms. The zero-order valence-corrected chi connectivity index (χ0v) is 16.4. The fourth-order valence-electron chi connectivity index (χ4n) is 3.75. The van der Waals surface area contributed by atoms with E-state index in [0.29, 0.717) is 6.54 Å². The zero-order valence-electron chi connectivity index (χ0n) is 15.7. The van der Waals surface area contributed by atoms with Crippen LogP contribution in [0.1, 0.15) is 51.5 Å². The number of fused-ring (bicyclic) bond motifs is 1. The molecule has 26 heavy (non-hydrogen) atoms. The number of anilines is 2. The Morgan fingerprint density at radius 1 is 0.962 bits per heavy atom. The van der Waals surface area contributed by atoms with Gasteiger partial charge in [-0.1, -0.05) is 75.0 Å². The summed E-state index contributed by atoms with van der Waals surface area (Å²) >= 11 is 6.17. The van der Waals surface area contributed by atoms with Crippen LogP contribution in [-0.4, -0.2) is 11.4 Å². The largest absolute Gasteiger partial charge is 0.371 e. The van der Waals surface area contributed by atoms with Crippen LogP contribution in [0.25, 0.3) is 0 Å². The smallest absolute Gasteiger partial charge is 0.127 e. The number of hydrogen-bond donors (Lipinski definition) is 2. The Morgan fingerprint density at radius 3 is 2.42 bits per heavy atom. The summed E-state index contributed by atoms with van der Waals surface area (Å²) in [5.74, 6) is 1.06. The van der Waals surface area contributed by atoms with E-state index in [1.807, 2.05) is 32.0 Å². The summed E-state index contributed by atoms with van der Waals surface area (Å²) in [5.41, 5.74) is 3.31. The van der Waals surface area contributed by atoms with Gasteiger partial charge in [0.15, 0.2) is 0 Å². The quantitative estimate of drug-likeness (QED) is 0.633. The monoisotopic (exact) mass is 369 g/mol. The van der Waals surface area contributed by atoms with Crippen molar-refractivity contribution >= 4 is 28.8 Å². The molecule has 1 fully saturated rings. The lowest BCUT2D eigenvalue weighted by molar-refractivity contribution is 0.403. The van der Waals surface area contributed by atoms with Gasteiger partial charge in [0.2, 0.25) is 0 Å². The molecule has 0 bridgehead atoms. The third kappa shape index (κ3) is 4.04. The molecule has 1 saturated carbocycles. The second kappa shape index (κ2) is 8.59. The first-order valence-electron chi connectivity index (χ1n) is 9.69. The summed E-state index contributed by atoms with van der Waals surface area (Å²) < 4.78 is 0. The highest BCUT2D eigenvalue weighted by molar-refractivity contribution is 6.31. The van der Waals surface area contributed by atoms with Crippen molar-refractivity contribution in [2.75, 3.05) is 10.6 Å². The van der Waals surface area contributed by atoms with Crippen LogP contribution < -0.4 is 10.6 Å². The van der Waals surface area contributed by atoms with Gasteiger partial charge in [0.1, 0.15) is 5.84 Å². The van der Waals surface area contributed by atoms with Gasteiger partial charge < -0.3 is 10.6 Å². The summed E-state index contributed by atoms with van der Waals surface area (Å²) in [5, 5.41) is 8.09. The maximum absolute atomic E-state index is 6.17. The van der Waals surface area contributed by atoms with Crippen molar-refractivity contribution < 1.29 is 0 Å². The summed E-state index contributed by atoms with van der Waals surface area (Å²) in [4.78, 5) is 4.96. The van der Waals surface area contributed by atoms with Crippen LogP contribution in [0, 0.1) is 0 Å². The molecule has 1 spiro atoms. The first-order chi connectivity index (χ1) is 12.8. The zero-order chi connectivity index (χ0) is 18.4. The number of halogens is 1. The molecule has 0 amide bonds. The van der Waals surface area contributed by atoms with Gasteiger partial charge in [-0.15, -0.1) is 0 Å². The maximum Gasteiger partial charge on any atom is 0.127 e. The van der Waals surface area contributed by atoms with Gasteiger partial charge in [-0.05, 0) is 36.6 Å². The van der Waals surface area contributed by atoms with Crippen LogP contribution in [0.2, 0.25) is 5.02 Å². The molecule has 0 aromatic heterocycles. The predicted octanol–water partition coefficient (Wildman–Crippen LogP) is 6.51. The van der Waals surface area contributed by atoms with Crippen LogP contribution in [0.4, 0.5) is 11.4 Å². The van der Waals surface area contributed by atoms with E-state index in [1.54, 1.807) is 0 Å². The molecular weight excluding hydrogens is 342 g/mol. The van der Waals surface area contributed by atoms with Gasteiger partial charge in [-0.3, -0.25) is 4.99 Å². The normalized spacial score (nSPS) is 19.0. The van der Waals surface area contributed by atoms with Gasteiger partial charge in [0.05, 0.1) is 23.5 Å². The molecule has 2 aromatic rings. The van der Waals surface area contributed by atoms with E-state index in [0.717, 1.165) is 35.1 Å². The van der Waals surface area contributed by atoms with Crippen LogP contribution in [0.5, 0.6) is 0 Å². The van der Waals surface area contributed by atoms with E-state index < -0.39 is 0 Å². The lowest BCUT2D eigenvalue weighted by atomic mass is 9.79. The first kappa shape index (κ1) is 18.8. The molecular formula is C22H28ClN3. The minimum absolute atomic E-state index is 0.0616. The molecule has 1 aliphatic heterocycles. The lowest BCUT2D eigenvalue weighted by Crippen LogP contribution is -2.53. The molecule has 138 valence electrons. The fraction of sp³-hybridized carbons (Fsp3) is 0.409. The molecule has 1 aliphatic carbocycles. The third-order valence-corrected chi connectivity index (χ3v) is 5.27. The summed E-state index contributed by atoms with van der Waals surface area (Å²) in [6.45, 7) is 4.70. The summed E-state index contributed by atoms with van der Waals surface area (Å²) in [7, 11) is 0. The molecule has 1 heterocycles. The number of nitrogens with zero attached hydrogens (tertiary/aromatic N) is 1. The van der Waals surface area contributed by atoms with Gasteiger partial charge in [-0.25, -0.2) is 0 Å². The van der Waals surface area contributed by atoms with E-state index in [9.17, 15) is 0 Å². The SMILES string of the molecule is CC.Clc1ccc2c(c1)NC(=NCc1ccccc1)C1(CCCCC1)N2. The lowest BCUT2D eigenvalue weighted by Gasteiger charge is -2.44. The molecule has 4 rings (SSSR count). The van der Waals surface area contributed by atoms with E-state index in [2.05, 4.69) is 41.0 Å². The third-order valence-electron chi connectivity index (χ3n) is 5.03. The predicted molar refractivity (Wildman–Crippen MR) is 113 cm³/mol. The average Bonchev–Trinajstić information content (AvgIpc) is 2.70. The Bertz CT molecular complexity index is 749. The Morgan fingerprint density at radius 2 is 1.69 bits per heavy atom. The highest BCUT2D eigenvalue weighted by Crippen LogP contribution is 2.40. The average molecular weight is 370 g/mol. The maximum atomic E-state index is 6.17. The van der Waals surface area contributed by atoms with Gasteiger partial charge in [0.25, 0.3) is 0 Å². The summed E-state index contributed by atoms with van der Waals surface area (Å²) in [6.07, 6.45) is 6.03. The van der Waals surface area contributed by atoms with E-state index in [1.165, 1.54) is 24.8 Å². The number of hydrogen-bond acceptors (Lipinski definition) is 2. The topological polar surface area (TPSA) is 36.4 Å². The molecule has 0 saturated heterocycles. The van der Waals surface area contributed by atoms with Gasteiger partial charge in [-0.2, -0.15) is 0 Å². The van der Waals surface area contributed by atoms with Crippen molar-refractivity contribution in [3.05, 3.63) is 59.1 Å². The van der Waals surface area contributed by atoms with Crippen molar-refractivity contribution in [2.45, 2.75) is 58.0 Å².